The van der Waals surface area contributed by atoms with Gasteiger partial charge in [-0.2, -0.15) is 4.39 Å². The topological polar surface area (TPSA) is 58.9 Å². The summed E-state index contributed by atoms with van der Waals surface area (Å²) in [6.07, 6.45) is 0. The van der Waals surface area contributed by atoms with Crippen molar-refractivity contribution >= 4 is 16.6 Å². The normalized spacial score (nSPS) is 10.7. The molecule has 0 saturated heterocycles. The summed E-state index contributed by atoms with van der Waals surface area (Å²) in [7, 11) is 0. The largest absolute Gasteiger partial charge is 0.398 e. The molecule has 0 spiro atoms. The van der Waals surface area contributed by atoms with Crippen molar-refractivity contribution in [3.8, 4) is 0 Å². The van der Waals surface area contributed by atoms with Crippen LogP contribution < -0.4 is 11.3 Å². The first-order valence-electron chi connectivity index (χ1n) is 3.86. The molecule has 3 nitrogen and oxygen atoms in total. The number of hydrogen-bond donors (Lipinski definition) is 2. The Bertz CT molecular complexity index is 562. The van der Waals surface area contributed by atoms with Gasteiger partial charge in [-0.15, -0.1) is 0 Å². The van der Waals surface area contributed by atoms with Gasteiger partial charge in [-0.25, -0.2) is 4.39 Å². The molecule has 0 saturated carbocycles. The molecule has 1 heterocycles. The van der Waals surface area contributed by atoms with E-state index in [9.17, 15) is 13.6 Å². The predicted octanol–water partition coefficient (Wildman–Crippen LogP) is 1.39. The lowest BCUT2D eigenvalue weighted by atomic mass is 10.2. The van der Waals surface area contributed by atoms with E-state index in [-0.39, 0.29) is 16.6 Å². The number of nitrogens with one attached hydrogen (secondary N) is 1. The number of H-pyrrole nitrogens is 1. The van der Waals surface area contributed by atoms with Gasteiger partial charge in [0.1, 0.15) is 0 Å². The van der Waals surface area contributed by atoms with Crippen LogP contribution in [0.5, 0.6) is 0 Å². The zero-order chi connectivity index (χ0) is 10.3. The molecule has 0 bridgehead atoms. The van der Waals surface area contributed by atoms with Gasteiger partial charge in [-0.05, 0) is 12.1 Å². The van der Waals surface area contributed by atoms with Gasteiger partial charge in [-0.1, -0.05) is 6.07 Å². The second-order valence-corrected chi connectivity index (χ2v) is 2.85. The van der Waals surface area contributed by atoms with Crippen LogP contribution in [0.3, 0.4) is 0 Å². The van der Waals surface area contributed by atoms with Gasteiger partial charge in [0.05, 0.1) is 10.9 Å². The van der Waals surface area contributed by atoms with Crippen molar-refractivity contribution in [3.05, 3.63) is 40.2 Å². The van der Waals surface area contributed by atoms with Crippen LogP contribution in [0.25, 0.3) is 10.9 Å². The van der Waals surface area contributed by atoms with Crippen molar-refractivity contribution in [2.24, 2.45) is 0 Å². The number of rotatable bonds is 0. The second-order valence-electron chi connectivity index (χ2n) is 2.85. The first-order chi connectivity index (χ1) is 6.61. The van der Waals surface area contributed by atoms with E-state index < -0.39 is 17.2 Å². The maximum absolute atomic E-state index is 13.2. The van der Waals surface area contributed by atoms with E-state index in [0.717, 1.165) is 0 Å². The van der Waals surface area contributed by atoms with Crippen molar-refractivity contribution < 1.29 is 8.78 Å². The number of nitrogen functional groups attached to an aromatic ring is 1. The van der Waals surface area contributed by atoms with E-state index in [4.69, 9.17) is 5.73 Å². The van der Waals surface area contributed by atoms with Gasteiger partial charge >= 0.3 is 0 Å². The molecule has 0 unspecified atom stereocenters. The van der Waals surface area contributed by atoms with E-state index in [1.165, 1.54) is 12.1 Å². The molecule has 0 radical (unpaired) electrons. The van der Waals surface area contributed by atoms with Crippen molar-refractivity contribution in [3.63, 3.8) is 0 Å². The molecular formula is C9H6F2N2O. The van der Waals surface area contributed by atoms with Crippen molar-refractivity contribution in [2.45, 2.75) is 0 Å². The molecule has 0 amide bonds. The van der Waals surface area contributed by atoms with E-state index in [2.05, 4.69) is 4.98 Å². The average Bonchev–Trinajstić information content (AvgIpc) is 2.14. The maximum Gasteiger partial charge on any atom is 0.287 e. The highest BCUT2D eigenvalue weighted by molar-refractivity contribution is 5.90. The monoisotopic (exact) mass is 196 g/mol. The van der Waals surface area contributed by atoms with Crippen LogP contribution in [0.4, 0.5) is 14.5 Å². The number of hydrogen-bond acceptors (Lipinski definition) is 2. The maximum atomic E-state index is 13.2. The van der Waals surface area contributed by atoms with Crippen LogP contribution in [0.15, 0.2) is 23.0 Å². The van der Waals surface area contributed by atoms with Crippen LogP contribution in [0.2, 0.25) is 0 Å². The number of aromatic amines is 1. The molecule has 2 rings (SSSR count). The third-order valence-electron chi connectivity index (χ3n) is 1.96. The molecule has 0 atom stereocenters. The number of nitrogens with two attached hydrogens (primary N) is 1. The molecule has 0 aliphatic carbocycles. The number of halogens is 2. The Morgan fingerprint density at radius 2 is 1.93 bits per heavy atom. The fourth-order valence-electron chi connectivity index (χ4n) is 1.31. The Hall–Kier alpha value is -1.91. The number of fused-ring (bicyclic) bond motifs is 1. The standard InChI is InChI=1S/C9H6F2N2O/c10-7-6-4(12)2-1-3-5(6)13-9(14)8(7)11/h1-3H,12H2,(H,13,14). The molecule has 14 heavy (non-hydrogen) atoms. The molecule has 72 valence electrons. The van der Waals surface area contributed by atoms with Crippen LogP contribution >= 0.6 is 0 Å². The molecule has 5 heteroatoms. The van der Waals surface area contributed by atoms with Gasteiger partial charge in [0.2, 0.25) is 5.82 Å². The summed E-state index contributed by atoms with van der Waals surface area (Å²) in [5, 5.41) is -0.0930. The Morgan fingerprint density at radius 1 is 1.21 bits per heavy atom. The molecule has 0 aliphatic heterocycles. The highest BCUT2D eigenvalue weighted by atomic mass is 19.2. The minimum absolute atomic E-state index is 0.0927. The number of benzene rings is 1. The van der Waals surface area contributed by atoms with Gasteiger partial charge in [0.25, 0.3) is 5.56 Å². The minimum atomic E-state index is -1.43. The van der Waals surface area contributed by atoms with Gasteiger partial charge in [-0.3, -0.25) is 4.79 Å². The van der Waals surface area contributed by atoms with E-state index in [1.54, 1.807) is 6.07 Å². The average molecular weight is 196 g/mol. The first-order valence-corrected chi connectivity index (χ1v) is 3.86. The van der Waals surface area contributed by atoms with Crippen LogP contribution in [0, 0.1) is 11.6 Å². The third kappa shape index (κ3) is 1.06. The van der Waals surface area contributed by atoms with Gasteiger partial charge in [0.15, 0.2) is 5.82 Å². The first kappa shape index (κ1) is 8.68. The highest BCUT2D eigenvalue weighted by Gasteiger charge is 2.13. The Labute approximate surface area is 77.2 Å². The summed E-state index contributed by atoms with van der Waals surface area (Å²) >= 11 is 0. The van der Waals surface area contributed by atoms with Crippen LogP contribution in [0.1, 0.15) is 0 Å². The van der Waals surface area contributed by atoms with Crippen LogP contribution in [-0.2, 0) is 0 Å². The number of pyridine rings is 1. The van der Waals surface area contributed by atoms with E-state index in [0.29, 0.717) is 0 Å². The molecule has 3 N–H and O–H groups in total. The van der Waals surface area contributed by atoms with E-state index in [1.807, 2.05) is 0 Å². The Morgan fingerprint density at radius 3 is 2.64 bits per heavy atom. The highest BCUT2D eigenvalue weighted by Crippen LogP contribution is 2.21. The zero-order valence-electron chi connectivity index (χ0n) is 6.97. The summed E-state index contributed by atoms with van der Waals surface area (Å²) in [5.41, 5.74) is 4.65. The van der Waals surface area contributed by atoms with Crippen molar-refractivity contribution in [1.29, 1.82) is 0 Å². The summed E-state index contributed by atoms with van der Waals surface area (Å²) < 4.78 is 26.1. The fraction of sp³-hybridized carbons (Fsp3) is 0. The van der Waals surface area contributed by atoms with Gasteiger partial charge < -0.3 is 10.7 Å². The summed E-state index contributed by atoms with van der Waals surface area (Å²) in [5.74, 6) is -2.64. The lowest BCUT2D eigenvalue weighted by Gasteiger charge is -2.02. The Kier molecular flexibility index (Phi) is 1.73. The number of aromatic nitrogens is 1. The molecule has 0 aliphatic rings. The second kappa shape index (κ2) is 2.80. The molecule has 1 aromatic carbocycles. The van der Waals surface area contributed by atoms with Crippen molar-refractivity contribution in [2.75, 3.05) is 5.73 Å². The van der Waals surface area contributed by atoms with Crippen LogP contribution in [-0.4, -0.2) is 4.98 Å². The lowest BCUT2D eigenvalue weighted by molar-refractivity contribution is 0.505. The molecule has 1 aromatic heterocycles. The van der Waals surface area contributed by atoms with Crippen molar-refractivity contribution in [1.82, 2.24) is 4.98 Å². The molecule has 2 aromatic rings. The lowest BCUT2D eigenvalue weighted by Crippen LogP contribution is -2.13. The SMILES string of the molecule is Nc1cccc2[nH]c(=O)c(F)c(F)c12. The smallest absolute Gasteiger partial charge is 0.287 e. The minimum Gasteiger partial charge on any atom is -0.398 e. The third-order valence-corrected chi connectivity index (χ3v) is 1.96. The fourth-order valence-corrected chi connectivity index (χ4v) is 1.31. The number of anilines is 1. The zero-order valence-corrected chi connectivity index (χ0v) is 6.97. The van der Waals surface area contributed by atoms with E-state index >= 15 is 0 Å². The molecular weight excluding hydrogens is 190 g/mol. The summed E-state index contributed by atoms with van der Waals surface area (Å²) in [6.45, 7) is 0. The molecule has 0 fully saturated rings. The Balaban J connectivity index is 3.07. The summed E-state index contributed by atoms with van der Waals surface area (Å²) in [6, 6.07) is 4.43. The summed E-state index contributed by atoms with van der Waals surface area (Å²) in [4.78, 5) is 13.0. The predicted molar refractivity (Wildman–Crippen MR) is 48.9 cm³/mol. The quantitative estimate of drug-likeness (QED) is 0.625. The van der Waals surface area contributed by atoms with Gasteiger partial charge in [0, 0.05) is 5.69 Å².